The van der Waals surface area contributed by atoms with Crippen LogP contribution in [-0.4, -0.2) is 46.8 Å². The predicted molar refractivity (Wildman–Crippen MR) is 78.3 cm³/mol. The molecule has 5 atom stereocenters. The van der Waals surface area contributed by atoms with E-state index in [1.54, 1.807) is 17.0 Å². The molecule has 4 rings (SSSR count). The van der Waals surface area contributed by atoms with Gasteiger partial charge in [0.15, 0.2) is 0 Å². The van der Waals surface area contributed by atoms with Gasteiger partial charge >= 0.3 is 12.0 Å². The Morgan fingerprint density at radius 3 is 2.78 bits per heavy atom. The van der Waals surface area contributed by atoms with E-state index in [0.29, 0.717) is 12.1 Å². The molecule has 0 saturated carbocycles. The number of fused-ring (bicyclic) bond motifs is 5. The number of nitriles is 1. The quantitative estimate of drug-likeness (QED) is 0.656. The Bertz CT molecular complexity index is 716. The van der Waals surface area contributed by atoms with Crippen LogP contribution in [0.25, 0.3) is 0 Å². The lowest BCUT2D eigenvalue weighted by atomic mass is 9.86. The molecule has 0 spiro atoms. The third-order valence-electron chi connectivity index (χ3n) is 4.65. The summed E-state index contributed by atoms with van der Waals surface area (Å²) < 4.78 is 11.0. The van der Waals surface area contributed by atoms with Gasteiger partial charge in [-0.3, -0.25) is 4.79 Å². The molecule has 0 unspecified atom stereocenters. The van der Waals surface area contributed by atoms with Gasteiger partial charge < -0.3 is 19.7 Å². The monoisotopic (exact) mass is 313 g/mol. The van der Waals surface area contributed by atoms with E-state index in [1.807, 2.05) is 18.2 Å². The van der Waals surface area contributed by atoms with Gasteiger partial charge in [0.2, 0.25) is 5.60 Å². The van der Waals surface area contributed by atoms with Gasteiger partial charge in [-0.15, -0.1) is 0 Å². The Hall–Kier alpha value is -2.59. The first-order valence-electron chi connectivity index (χ1n) is 7.46. The minimum atomic E-state index is -1.28. The number of benzene rings is 1. The number of likely N-dealkylation sites (tertiary alicyclic amines) is 1. The van der Waals surface area contributed by atoms with E-state index in [1.165, 1.54) is 6.92 Å². The number of anilines is 1. The zero-order chi connectivity index (χ0) is 16.2. The van der Waals surface area contributed by atoms with Crippen LogP contribution in [-0.2, 0) is 14.3 Å². The van der Waals surface area contributed by atoms with E-state index in [9.17, 15) is 14.9 Å². The number of ether oxygens (including phenoxy) is 2. The first kappa shape index (κ1) is 14.0. The second-order valence-corrected chi connectivity index (χ2v) is 6.08. The fraction of sp³-hybridized carbons (Fsp3) is 0.438. The van der Waals surface area contributed by atoms with E-state index < -0.39 is 17.7 Å². The molecule has 2 amide bonds. The average Bonchev–Trinajstić information content (AvgIpc) is 3.05. The van der Waals surface area contributed by atoms with Crippen molar-refractivity contribution in [2.75, 3.05) is 5.32 Å². The Labute approximate surface area is 132 Å². The maximum atomic E-state index is 12.4. The highest BCUT2D eigenvalue weighted by Gasteiger charge is 2.76. The summed E-state index contributed by atoms with van der Waals surface area (Å²) in [5.74, 6) is -0.514. The number of morpholine rings is 1. The van der Waals surface area contributed by atoms with Crippen molar-refractivity contribution in [2.45, 2.75) is 43.2 Å². The molecule has 3 aliphatic heterocycles. The predicted octanol–water partition coefficient (Wildman–Crippen LogP) is 1.27. The number of para-hydroxylation sites is 1. The number of amides is 2. The molecular weight excluding hydrogens is 298 g/mol. The number of carbonyl (C=O) groups is 2. The van der Waals surface area contributed by atoms with Crippen molar-refractivity contribution in [1.82, 2.24) is 4.90 Å². The number of carbonyl (C=O) groups excluding carboxylic acids is 2. The normalized spacial score (nSPS) is 36.1. The summed E-state index contributed by atoms with van der Waals surface area (Å²) in [6.07, 6.45) is -0.525. The van der Waals surface area contributed by atoms with Crippen LogP contribution >= 0.6 is 0 Å². The highest BCUT2D eigenvalue weighted by atomic mass is 16.6. The van der Waals surface area contributed by atoms with Crippen molar-refractivity contribution in [3.8, 4) is 6.07 Å². The summed E-state index contributed by atoms with van der Waals surface area (Å²) >= 11 is 0. The number of urea groups is 1. The lowest BCUT2D eigenvalue weighted by Crippen LogP contribution is -2.46. The minimum absolute atomic E-state index is 0.0410. The number of nitrogens with zero attached hydrogens (tertiary/aromatic N) is 2. The van der Waals surface area contributed by atoms with Crippen LogP contribution in [0.15, 0.2) is 30.3 Å². The highest BCUT2D eigenvalue weighted by Crippen LogP contribution is 2.56. The molecule has 3 saturated heterocycles. The van der Waals surface area contributed by atoms with Crippen molar-refractivity contribution in [2.24, 2.45) is 0 Å². The van der Waals surface area contributed by atoms with E-state index in [0.717, 1.165) is 0 Å². The molecule has 7 nitrogen and oxygen atoms in total. The van der Waals surface area contributed by atoms with E-state index in [2.05, 4.69) is 11.4 Å². The van der Waals surface area contributed by atoms with Gasteiger partial charge in [0.25, 0.3) is 0 Å². The topological polar surface area (TPSA) is 91.4 Å². The number of nitrogens with one attached hydrogen (secondary N) is 1. The molecule has 0 aliphatic carbocycles. The molecule has 118 valence electrons. The second-order valence-electron chi connectivity index (χ2n) is 6.08. The van der Waals surface area contributed by atoms with Crippen LogP contribution in [0.4, 0.5) is 10.5 Å². The molecule has 7 heteroatoms. The van der Waals surface area contributed by atoms with Crippen LogP contribution in [0.1, 0.15) is 13.3 Å². The van der Waals surface area contributed by atoms with Gasteiger partial charge in [-0.2, -0.15) is 5.26 Å². The van der Waals surface area contributed by atoms with Crippen LogP contribution in [0.2, 0.25) is 0 Å². The first-order chi connectivity index (χ1) is 11.1. The standard InChI is InChI=1S/C16H15N3O4/c1-9(20)23-16(8-17)7-11-12-13(14(16)22-11)19(12)15(21)18-10-5-3-2-4-6-10/h2-6,11-14H,7H2,1H3,(H,18,21)/t11-,12-,13-,14-,16+,19?/m0/s1. The zero-order valence-electron chi connectivity index (χ0n) is 12.4. The van der Waals surface area contributed by atoms with Gasteiger partial charge in [-0.25, -0.2) is 4.79 Å². The minimum Gasteiger partial charge on any atom is -0.441 e. The molecule has 3 aliphatic rings. The molecular formula is C16H15N3O4. The van der Waals surface area contributed by atoms with Crippen molar-refractivity contribution < 1.29 is 19.1 Å². The van der Waals surface area contributed by atoms with Crippen LogP contribution in [0, 0.1) is 11.3 Å². The maximum absolute atomic E-state index is 12.4. The Balaban J connectivity index is 1.50. The number of esters is 1. The highest BCUT2D eigenvalue weighted by molar-refractivity contribution is 5.92. The molecule has 2 bridgehead atoms. The number of rotatable bonds is 2. The smallest absolute Gasteiger partial charge is 0.322 e. The van der Waals surface area contributed by atoms with Crippen molar-refractivity contribution in [3.05, 3.63) is 30.3 Å². The third kappa shape index (κ3) is 1.99. The largest absolute Gasteiger partial charge is 0.441 e. The van der Waals surface area contributed by atoms with Crippen LogP contribution in [0.5, 0.6) is 0 Å². The molecule has 3 heterocycles. The summed E-state index contributed by atoms with van der Waals surface area (Å²) in [5.41, 5.74) is -0.568. The van der Waals surface area contributed by atoms with Crippen LogP contribution in [0.3, 0.4) is 0 Å². The SMILES string of the molecule is CC(=O)O[C@@]1(C#N)C[C@@H]2O[C@H]1[C@@H]1[C@H]2N1C(=O)Nc1ccccc1. The summed E-state index contributed by atoms with van der Waals surface area (Å²) in [7, 11) is 0. The molecule has 3 fully saturated rings. The number of hydrogen-bond acceptors (Lipinski definition) is 5. The summed E-state index contributed by atoms with van der Waals surface area (Å²) in [5, 5.41) is 12.3. The Kier molecular flexibility index (Phi) is 2.87. The summed E-state index contributed by atoms with van der Waals surface area (Å²) in [4.78, 5) is 25.4. The van der Waals surface area contributed by atoms with Gasteiger partial charge in [-0.1, -0.05) is 18.2 Å². The van der Waals surface area contributed by atoms with Gasteiger partial charge in [0.05, 0.1) is 18.2 Å². The van der Waals surface area contributed by atoms with Gasteiger partial charge in [0, 0.05) is 19.0 Å². The molecule has 1 N–H and O–H groups in total. The van der Waals surface area contributed by atoms with E-state index in [-0.39, 0.29) is 24.2 Å². The molecule has 23 heavy (non-hydrogen) atoms. The summed E-state index contributed by atoms with van der Waals surface area (Å²) in [6.45, 7) is 1.27. The summed E-state index contributed by atoms with van der Waals surface area (Å²) in [6, 6.07) is 10.8. The van der Waals surface area contributed by atoms with Crippen molar-refractivity contribution in [3.63, 3.8) is 0 Å². The number of hydrogen-bond donors (Lipinski definition) is 1. The maximum Gasteiger partial charge on any atom is 0.322 e. The zero-order valence-corrected chi connectivity index (χ0v) is 12.4. The third-order valence-corrected chi connectivity index (χ3v) is 4.65. The first-order valence-corrected chi connectivity index (χ1v) is 7.46. The van der Waals surface area contributed by atoms with E-state index in [4.69, 9.17) is 9.47 Å². The Morgan fingerprint density at radius 1 is 1.39 bits per heavy atom. The molecule has 1 aromatic rings. The van der Waals surface area contributed by atoms with Gasteiger partial charge in [0.1, 0.15) is 12.2 Å². The average molecular weight is 313 g/mol. The fourth-order valence-corrected chi connectivity index (χ4v) is 3.78. The van der Waals surface area contributed by atoms with E-state index >= 15 is 0 Å². The van der Waals surface area contributed by atoms with Crippen molar-refractivity contribution in [1.29, 1.82) is 5.26 Å². The van der Waals surface area contributed by atoms with Gasteiger partial charge in [-0.05, 0) is 12.1 Å². The second kappa shape index (κ2) is 4.70. The Morgan fingerprint density at radius 2 is 2.13 bits per heavy atom. The fourth-order valence-electron chi connectivity index (χ4n) is 3.78. The lowest BCUT2D eigenvalue weighted by Gasteiger charge is -2.26. The molecule has 0 aromatic heterocycles. The molecule has 0 radical (unpaired) electrons. The van der Waals surface area contributed by atoms with Crippen LogP contribution < -0.4 is 5.32 Å². The molecule has 1 aromatic carbocycles. The lowest BCUT2D eigenvalue weighted by molar-refractivity contribution is -0.156. The van der Waals surface area contributed by atoms with Crippen molar-refractivity contribution >= 4 is 17.7 Å².